The van der Waals surface area contributed by atoms with Gasteiger partial charge in [0.05, 0.1) is 5.75 Å². The molecule has 0 saturated heterocycles. The SMILES string of the molecule is Nc1cccc(CS(=O)(=O)CCB(O)O)c1. The number of hydrogen-bond acceptors (Lipinski definition) is 5. The molecule has 1 aromatic carbocycles. The van der Waals surface area contributed by atoms with Gasteiger partial charge in [-0.05, 0) is 24.0 Å². The lowest BCUT2D eigenvalue weighted by Crippen LogP contribution is -2.18. The molecule has 88 valence electrons. The van der Waals surface area contributed by atoms with E-state index in [0.717, 1.165) is 0 Å². The first-order chi connectivity index (χ1) is 7.39. The maximum absolute atomic E-state index is 11.6. The Hall–Kier alpha value is -1.05. The number of benzene rings is 1. The largest absolute Gasteiger partial charge is 0.452 e. The molecule has 0 aromatic heterocycles. The summed E-state index contributed by atoms with van der Waals surface area (Å²) in [5.74, 6) is -0.385. The molecule has 0 unspecified atom stereocenters. The van der Waals surface area contributed by atoms with Gasteiger partial charge in [0.25, 0.3) is 0 Å². The van der Waals surface area contributed by atoms with E-state index >= 15 is 0 Å². The molecular weight excluding hydrogens is 229 g/mol. The molecule has 0 aliphatic rings. The number of nitrogen functional groups attached to an aromatic ring is 1. The van der Waals surface area contributed by atoms with Crippen LogP contribution in [-0.2, 0) is 15.6 Å². The lowest BCUT2D eigenvalue weighted by Gasteiger charge is -2.04. The fraction of sp³-hybridized carbons (Fsp3) is 0.333. The van der Waals surface area contributed by atoms with Gasteiger partial charge in [-0.2, -0.15) is 0 Å². The predicted molar refractivity (Wildman–Crippen MR) is 63.3 cm³/mol. The van der Waals surface area contributed by atoms with Crippen molar-refractivity contribution >= 4 is 22.6 Å². The molecule has 0 saturated carbocycles. The lowest BCUT2D eigenvalue weighted by molar-refractivity contribution is 0.408. The minimum absolute atomic E-state index is 0.134. The summed E-state index contributed by atoms with van der Waals surface area (Å²) in [6, 6.07) is 6.62. The van der Waals surface area contributed by atoms with Crippen LogP contribution in [0.1, 0.15) is 5.56 Å². The summed E-state index contributed by atoms with van der Waals surface area (Å²) in [5, 5.41) is 17.2. The van der Waals surface area contributed by atoms with Crippen LogP contribution in [0.15, 0.2) is 24.3 Å². The minimum atomic E-state index is -3.32. The van der Waals surface area contributed by atoms with Crippen LogP contribution in [0.5, 0.6) is 0 Å². The van der Waals surface area contributed by atoms with Crippen LogP contribution in [0, 0.1) is 0 Å². The molecule has 4 N–H and O–H groups in total. The molecule has 0 heterocycles. The van der Waals surface area contributed by atoms with Gasteiger partial charge in [-0.3, -0.25) is 0 Å². The highest BCUT2D eigenvalue weighted by Gasteiger charge is 2.16. The zero-order valence-corrected chi connectivity index (χ0v) is 9.52. The first kappa shape index (κ1) is 13.0. The molecule has 0 atom stereocenters. The van der Waals surface area contributed by atoms with Gasteiger partial charge in [-0.25, -0.2) is 8.42 Å². The van der Waals surface area contributed by atoms with Gasteiger partial charge in [0, 0.05) is 11.4 Å². The van der Waals surface area contributed by atoms with Gasteiger partial charge < -0.3 is 15.8 Å². The summed E-state index contributed by atoms with van der Waals surface area (Å²) in [4.78, 5) is 0. The van der Waals surface area contributed by atoms with Gasteiger partial charge >= 0.3 is 7.12 Å². The quantitative estimate of drug-likeness (QED) is 0.485. The van der Waals surface area contributed by atoms with Gasteiger partial charge in [0.1, 0.15) is 0 Å². The molecular formula is C9H14BNO4S. The second kappa shape index (κ2) is 5.33. The monoisotopic (exact) mass is 243 g/mol. The summed E-state index contributed by atoms with van der Waals surface area (Å²) in [5.41, 5.74) is 6.64. The predicted octanol–water partition coefficient (Wildman–Crippen LogP) is -0.344. The van der Waals surface area contributed by atoms with Gasteiger partial charge in [0.15, 0.2) is 9.84 Å². The van der Waals surface area contributed by atoms with Crippen LogP contribution in [0.3, 0.4) is 0 Å². The van der Waals surface area contributed by atoms with Crippen LogP contribution in [0.4, 0.5) is 5.69 Å². The molecule has 0 amide bonds. The number of anilines is 1. The number of sulfone groups is 1. The van der Waals surface area contributed by atoms with Crippen molar-refractivity contribution < 1.29 is 18.5 Å². The van der Waals surface area contributed by atoms with E-state index in [1.807, 2.05) is 0 Å². The Morgan fingerprint density at radius 1 is 1.31 bits per heavy atom. The average molecular weight is 243 g/mol. The molecule has 0 fully saturated rings. The van der Waals surface area contributed by atoms with Crippen molar-refractivity contribution in [3.05, 3.63) is 29.8 Å². The summed E-state index contributed by atoms with van der Waals surface area (Å²) in [6.45, 7) is 0. The molecule has 0 bridgehead atoms. The highest BCUT2D eigenvalue weighted by atomic mass is 32.2. The zero-order chi connectivity index (χ0) is 12.2. The molecule has 0 aliphatic carbocycles. The van der Waals surface area contributed by atoms with E-state index < -0.39 is 17.0 Å². The molecule has 1 rings (SSSR count). The third-order valence-corrected chi connectivity index (χ3v) is 3.66. The summed E-state index contributed by atoms with van der Waals surface area (Å²) in [6.07, 6.45) is -0.176. The lowest BCUT2D eigenvalue weighted by atomic mass is 9.88. The first-order valence-corrected chi connectivity index (χ1v) is 6.62. The van der Waals surface area contributed by atoms with Crippen molar-refractivity contribution in [2.45, 2.75) is 12.1 Å². The van der Waals surface area contributed by atoms with Crippen molar-refractivity contribution in [3.63, 3.8) is 0 Å². The van der Waals surface area contributed by atoms with Crippen molar-refractivity contribution in [1.82, 2.24) is 0 Å². The maximum atomic E-state index is 11.6. The highest BCUT2D eigenvalue weighted by molar-refractivity contribution is 7.90. The fourth-order valence-electron chi connectivity index (χ4n) is 1.29. The Kier molecular flexibility index (Phi) is 4.34. The molecule has 0 aliphatic heterocycles. The Bertz CT molecular complexity index is 447. The van der Waals surface area contributed by atoms with E-state index in [2.05, 4.69) is 0 Å². The normalized spacial score (nSPS) is 11.4. The van der Waals surface area contributed by atoms with Crippen molar-refractivity contribution in [2.75, 3.05) is 11.5 Å². The standard InChI is InChI=1S/C9H14BNO4S/c11-9-3-1-2-8(6-9)7-16(14,15)5-4-10(12)13/h1-3,6,12-13H,4-5,7,11H2. The number of nitrogens with two attached hydrogens (primary N) is 1. The third kappa shape index (κ3) is 4.65. The van der Waals surface area contributed by atoms with Crippen molar-refractivity contribution in [2.24, 2.45) is 0 Å². The second-order valence-corrected chi connectivity index (χ2v) is 5.79. The molecule has 5 nitrogen and oxygen atoms in total. The smallest absolute Gasteiger partial charge is 0.427 e. The van der Waals surface area contributed by atoms with E-state index in [0.29, 0.717) is 11.3 Å². The molecule has 16 heavy (non-hydrogen) atoms. The zero-order valence-electron chi connectivity index (χ0n) is 8.70. The van der Waals surface area contributed by atoms with Crippen LogP contribution >= 0.6 is 0 Å². The van der Waals surface area contributed by atoms with Gasteiger partial charge in [-0.15, -0.1) is 0 Å². The number of rotatable bonds is 5. The molecule has 1 aromatic rings. The van der Waals surface area contributed by atoms with Crippen LogP contribution < -0.4 is 5.73 Å². The Labute approximate surface area is 95.0 Å². The third-order valence-electron chi connectivity index (χ3n) is 2.02. The Morgan fingerprint density at radius 3 is 2.56 bits per heavy atom. The van der Waals surface area contributed by atoms with Crippen LogP contribution in [0.25, 0.3) is 0 Å². The maximum Gasteiger partial charge on any atom is 0.452 e. The Morgan fingerprint density at radius 2 is 2.00 bits per heavy atom. The topological polar surface area (TPSA) is 101 Å². The Balaban J connectivity index is 2.66. The molecule has 0 radical (unpaired) electrons. The van der Waals surface area contributed by atoms with Gasteiger partial charge in [-0.1, -0.05) is 12.1 Å². The van der Waals surface area contributed by atoms with Crippen LogP contribution in [0.2, 0.25) is 6.32 Å². The summed E-state index contributed by atoms with van der Waals surface area (Å²) in [7, 11) is -4.91. The summed E-state index contributed by atoms with van der Waals surface area (Å²) < 4.78 is 23.1. The van der Waals surface area contributed by atoms with Crippen molar-refractivity contribution in [1.29, 1.82) is 0 Å². The highest BCUT2D eigenvalue weighted by Crippen LogP contribution is 2.11. The van der Waals surface area contributed by atoms with E-state index in [4.69, 9.17) is 15.8 Å². The van der Waals surface area contributed by atoms with E-state index in [1.54, 1.807) is 24.3 Å². The minimum Gasteiger partial charge on any atom is -0.427 e. The van der Waals surface area contributed by atoms with E-state index in [-0.39, 0.29) is 17.8 Å². The molecule has 0 spiro atoms. The first-order valence-electron chi connectivity index (χ1n) is 4.80. The van der Waals surface area contributed by atoms with Crippen molar-refractivity contribution in [3.8, 4) is 0 Å². The van der Waals surface area contributed by atoms with E-state index in [9.17, 15) is 8.42 Å². The summed E-state index contributed by atoms with van der Waals surface area (Å²) >= 11 is 0. The number of hydrogen-bond donors (Lipinski definition) is 3. The molecule has 7 heteroatoms. The fourth-order valence-corrected chi connectivity index (χ4v) is 2.70. The second-order valence-electron chi connectivity index (χ2n) is 3.61. The van der Waals surface area contributed by atoms with E-state index in [1.165, 1.54) is 0 Å². The van der Waals surface area contributed by atoms with Crippen LogP contribution in [-0.4, -0.2) is 31.3 Å². The average Bonchev–Trinajstić information content (AvgIpc) is 2.14. The van der Waals surface area contributed by atoms with Gasteiger partial charge in [0.2, 0.25) is 0 Å².